The molecule has 2 N–H and O–H groups in total. The van der Waals surface area contributed by atoms with Gasteiger partial charge < -0.3 is 20.1 Å². The molecule has 0 bridgehead atoms. The molecular weight excluding hydrogens is 415 g/mol. The number of halogens is 2. The van der Waals surface area contributed by atoms with Gasteiger partial charge in [-0.25, -0.2) is 4.39 Å². The van der Waals surface area contributed by atoms with Crippen LogP contribution in [-0.4, -0.2) is 25.2 Å². The van der Waals surface area contributed by atoms with Crippen molar-refractivity contribution in [1.82, 2.24) is 5.32 Å². The maximum atomic E-state index is 13.0. The number of hydrogen-bond acceptors (Lipinski definition) is 4. The molecule has 0 radical (unpaired) electrons. The van der Waals surface area contributed by atoms with E-state index in [0.717, 1.165) is 15.7 Å². The van der Waals surface area contributed by atoms with Crippen molar-refractivity contribution in [3.63, 3.8) is 0 Å². The van der Waals surface area contributed by atoms with Crippen molar-refractivity contribution in [2.75, 3.05) is 19.0 Å². The minimum absolute atomic E-state index is 0.104. The molecule has 2 aromatic rings. The minimum Gasteiger partial charge on any atom is -0.493 e. The zero-order valence-electron chi connectivity index (χ0n) is 15.9. The zero-order chi connectivity index (χ0) is 20.0. The van der Waals surface area contributed by atoms with E-state index >= 15 is 0 Å². The quantitative estimate of drug-likeness (QED) is 0.667. The summed E-state index contributed by atoms with van der Waals surface area (Å²) in [6.45, 7) is 6.13. The predicted octanol–water partition coefficient (Wildman–Crippen LogP) is 4.50. The standard InChI is InChI=1S/C20H24BrFN2O3/c1-20(2,3)24-19(25)12-27-18-10-16(21)13(9-17(18)26-4)11-23-15-7-5-14(22)6-8-15/h5-10,23H,11-12H2,1-4H3,(H,24,25). The molecular formula is C20H24BrFN2O3. The first-order chi connectivity index (χ1) is 12.7. The van der Waals surface area contributed by atoms with Crippen molar-refractivity contribution >= 4 is 27.5 Å². The van der Waals surface area contributed by atoms with Crippen molar-refractivity contribution in [1.29, 1.82) is 0 Å². The maximum absolute atomic E-state index is 13.0. The van der Waals surface area contributed by atoms with E-state index < -0.39 is 0 Å². The molecule has 0 saturated heterocycles. The van der Waals surface area contributed by atoms with Gasteiger partial charge in [0.2, 0.25) is 0 Å². The van der Waals surface area contributed by atoms with Gasteiger partial charge in [-0.05, 0) is 62.7 Å². The SMILES string of the molecule is COc1cc(CNc2ccc(F)cc2)c(Br)cc1OCC(=O)NC(C)(C)C. The van der Waals surface area contributed by atoms with E-state index in [4.69, 9.17) is 9.47 Å². The number of anilines is 1. The van der Waals surface area contributed by atoms with E-state index in [1.807, 2.05) is 26.8 Å². The number of rotatable bonds is 7. The van der Waals surface area contributed by atoms with Gasteiger partial charge in [0, 0.05) is 22.2 Å². The highest BCUT2D eigenvalue weighted by Crippen LogP contribution is 2.34. The fourth-order valence-corrected chi connectivity index (χ4v) is 2.81. The van der Waals surface area contributed by atoms with Crippen LogP contribution in [0.15, 0.2) is 40.9 Å². The van der Waals surface area contributed by atoms with E-state index in [-0.39, 0.29) is 23.9 Å². The second-order valence-electron chi connectivity index (χ2n) is 7.04. The van der Waals surface area contributed by atoms with Gasteiger partial charge in [-0.15, -0.1) is 0 Å². The topological polar surface area (TPSA) is 59.6 Å². The molecule has 0 aromatic heterocycles. The summed E-state index contributed by atoms with van der Waals surface area (Å²) in [7, 11) is 1.54. The minimum atomic E-state index is -0.318. The first-order valence-electron chi connectivity index (χ1n) is 8.47. The second-order valence-corrected chi connectivity index (χ2v) is 7.90. The number of benzene rings is 2. The number of carbonyl (C=O) groups is 1. The van der Waals surface area contributed by atoms with Gasteiger partial charge in [0.15, 0.2) is 18.1 Å². The molecule has 27 heavy (non-hydrogen) atoms. The molecule has 146 valence electrons. The van der Waals surface area contributed by atoms with Crippen LogP contribution in [0.1, 0.15) is 26.3 Å². The highest BCUT2D eigenvalue weighted by molar-refractivity contribution is 9.10. The molecule has 0 atom stereocenters. The number of hydrogen-bond donors (Lipinski definition) is 2. The monoisotopic (exact) mass is 438 g/mol. The van der Waals surface area contributed by atoms with Crippen molar-refractivity contribution < 1.29 is 18.7 Å². The first-order valence-corrected chi connectivity index (χ1v) is 9.27. The Morgan fingerprint density at radius 2 is 1.81 bits per heavy atom. The Morgan fingerprint density at radius 3 is 2.41 bits per heavy atom. The third-order valence-electron chi connectivity index (χ3n) is 3.53. The molecule has 1 amide bonds. The van der Waals surface area contributed by atoms with Crippen LogP contribution in [-0.2, 0) is 11.3 Å². The van der Waals surface area contributed by atoms with E-state index in [2.05, 4.69) is 26.6 Å². The highest BCUT2D eigenvalue weighted by Gasteiger charge is 2.16. The summed E-state index contributed by atoms with van der Waals surface area (Å²) < 4.78 is 24.8. The average Bonchev–Trinajstić information content (AvgIpc) is 2.59. The molecule has 2 aromatic carbocycles. The van der Waals surface area contributed by atoms with Crippen LogP contribution >= 0.6 is 15.9 Å². The Labute approximate surface area is 167 Å². The third-order valence-corrected chi connectivity index (χ3v) is 4.27. The Balaban J connectivity index is 2.05. The number of nitrogens with one attached hydrogen (secondary N) is 2. The van der Waals surface area contributed by atoms with Crippen LogP contribution in [0.2, 0.25) is 0 Å². The number of methoxy groups -OCH3 is 1. The third kappa shape index (κ3) is 6.75. The molecule has 0 spiro atoms. The van der Waals surface area contributed by atoms with Crippen molar-refractivity contribution in [2.24, 2.45) is 0 Å². The molecule has 5 nitrogen and oxygen atoms in total. The summed E-state index contributed by atoms with van der Waals surface area (Å²) in [5.74, 6) is 0.514. The number of amides is 1. The lowest BCUT2D eigenvalue weighted by molar-refractivity contribution is -0.124. The van der Waals surface area contributed by atoms with E-state index in [1.54, 1.807) is 25.3 Å². The number of ether oxygens (including phenoxy) is 2. The van der Waals surface area contributed by atoms with Crippen molar-refractivity contribution in [2.45, 2.75) is 32.9 Å². The summed E-state index contributed by atoms with van der Waals surface area (Å²) in [6, 6.07) is 9.75. The van der Waals surface area contributed by atoms with Gasteiger partial charge in [-0.3, -0.25) is 4.79 Å². The number of carbonyl (C=O) groups excluding carboxylic acids is 1. The molecule has 0 unspecified atom stereocenters. The summed E-state index contributed by atoms with van der Waals surface area (Å²) in [4.78, 5) is 11.9. The van der Waals surface area contributed by atoms with E-state index in [1.165, 1.54) is 12.1 Å². The summed E-state index contributed by atoms with van der Waals surface area (Å²) >= 11 is 3.52. The molecule has 0 fully saturated rings. The van der Waals surface area contributed by atoms with Gasteiger partial charge in [0.25, 0.3) is 5.91 Å². The van der Waals surface area contributed by atoms with E-state index in [0.29, 0.717) is 18.0 Å². The van der Waals surface area contributed by atoms with Crippen LogP contribution in [0.4, 0.5) is 10.1 Å². The van der Waals surface area contributed by atoms with Crippen LogP contribution in [0.5, 0.6) is 11.5 Å². The Kier molecular flexibility index (Phi) is 7.07. The predicted molar refractivity (Wildman–Crippen MR) is 108 cm³/mol. The van der Waals surface area contributed by atoms with Gasteiger partial charge >= 0.3 is 0 Å². The molecule has 2 rings (SSSR count). The lowest BCUT2D eigenvalue weighted by Gasteiger charge is -2.21. The first kappa shape index (κ1) is 21.0. The van der Waals surface area contributed by atoms with Crippen LogP contribution in [0.25, 0.3) is 0 Å². The molecule has 0 aliphatic carbocycles. The second kappa shape index (κ2) is 9.08. The summed E-state index contributed by atoms with van der Waals surface area (Å²) in [6.07, 6.45) is 0. The fourth-order valence-electron chi connectivity index (χ4n) is 2.35. The van der Waals surface area contributed by atoms with Crippen molar-refractivity contribution in [3.05, 3.63) is 52.3 Å². The van der Waals surface area contributed by atoms with Crippen LogP contribution < -0.4 is 20.1 Å². The van der Waals surface area contributed by atoms with Crippen LogP contribution in [0.3, 0.4) is 0 Å². The highest BCUT2D eigenvalue weighted by atomic mass is 79.9. The molecule has 0 aliphatic rings. The lowest BCUT2D eigenvalue weighted by atomic mass is 10.1. The molecule has 7 heteroatoms. The molecule has 0 aliphatic heterocycles. The fraction of sp³-hybridized carbons (Fsp3) is 0.350. The van der Waals surface area contributed by atoms with Gasteiger partial charge in [0.05, 0.1) is 7.11 Å². The van der Waals surface area contributed by atoms with Gasteiger partial charge in [-0.1, -0.05) is 15.9 Å². The van der Waals surface area contributed by atoms with Gasteiger partial charge in [0.1, 0.15) is 5.82 Å². The smallest absolute Gasteiger partial charge is 0.258 e. The Hall–Kier alpha value is -2.28. The lowest BCUT2D eigenvalue weighted by Crippen LogP contribution is -2.43. The molecule has 0 saturated carbocycles. The van der Waals surface area contributed by atoms with Crippen molar-refractivity contribution in [3.8, 4) is 11.5 Å². The normalized spacial score (nSPS) is 11.0. The summed E-state index contributed by atoms with van der Waals surface area (Å²) in [5, 5.41) is 6.06. The van der Waals surface area contributed by atoms with Gasteiger partial charge in [-0.2, -0.15) is 0 Å². The maximum Gasteiger partial charge on any atom is 0.258 e. The average molecular weight is 439 g/mol. The largest absolute Gasteiger partial charge is 0.493 e. The Morgan fingerprint density at radius 1 is 1.15 bits per heavy atom. The summed E-state index contributed by atoms with van der Waals surface area (Å²) in [5.41, 5.74) is 1.42. The zero-order valence-corrected chi connectivity index (χ0v) is 17.4. The molecule has 0 heterocycles. The van der Waals surface area contributed by atoms with Crippen LogP contribution in [0, 0.1) is 5.82 Å². The van der Waals surface area contributed by atoms with E-state index in [9.17, 15) is 9.18 Å². The Bertz CT molecular complexity index is 789.